The number of hydrogen-bond acceptors (Lipinski definition) is 4. The molecule has 2 atom stereocenters. The number of methoxy groups -OCH3 is 1. The molecule has 2 N–H and O–H groups in total. The number of nitrogens with zero attached hydrogens (tertiary/aromatic N) is 1. The molecule has 1 fully saturated rings. The van der Waals surface area contributed by atoms with E-state index in [4.69, 9.17) is 15.2 Å². The van der Waals surface area contributed by atoms with E-state index in [1.54, 1.807) is 7.11 Å². The van der Waals surface area contributed by atoms with Gasteiger partial charge in [-0.05, 0) is 36.7 Å². The third-order valence-electron chi connectivity index (χ3n) is 3.80. The standard InChI is InChI=1S/C15H23BrN2O2/c1-3-18-6-7-20-15(10-18)13(17)9-11-8-12(16)4-5-14(11)19-2/h4-5,8,13,15H,3,6-7,9-10,17H2,1-2H3. The van der Waals surface area contributed by atoms with Gasteiger partial charge in [0.2, 0.25) is 0 Å². The molecule has 0 aliphatic carbocycles. The van der Waals surface area contributed by atoms with Crippen LogP contribution in [0.2, 0.25) is 0 Å². The molecule has 0 amide bonds. The van der Waals surface area contributed by atoms with Crippen LogP contribution >= 0.6 is 15.9 Å². The topological polar surface area (TPSA) is 47.7 Å². The molecule has 0 radical (unpaired) electrons. The van der Waals surface area contributed by atoms with Crippen LogP contribution in [-0.2, 0) is 11.2 Å². The summed E-state index contributed by atoms with van der Waals surface area (Å²) >= 11 is 3.50. The van der Waals surface area contributed by atoms with Gasteiger partial charge in [0.1, 0.15) is 5.75 Å². The second kappa shape index (κ2) is 7.41. The monoisotopic (exact) mass is 342 g/mol. The summed E-state index contributed by atoms with van der Waals surface area (Å²) in [7, 11) is 1.69. The van der Waals surface area contributed by atoms with E-state index >= 15 is 0 Å². The molecular weight excluding hydrogens is 320 g/mol. The Morgan fingerprint density at radius 2 is 2.35 bits per heavy atom. The molecule has 0 spiro atoms. The summed E-state index contributed by atoms with van der Waals surface area (Å²) in [6, 6.07) is 5.99. The summed E-state index contributed by atoms with van der Waals surface area (Å²) in [5.41, 5.74) is 7.47. The molecule has 1 saturated heterocycles. The van der Waals surface area contributed by atoms with Gasteiger partial charge < -0.3 is 15.2 Å². The van der Waals surface area contributed by atoms with E-state index in [-0.39, 0.29) is 12.1 Å². The van der Waals surface area contributed by atoms with Crippen LogP contribution in [0.4, 0.5) is 0 Å². The highest BCUT2D eigenvalue weighted by Gasteiger charge is 2.25. The maximum Gasteiger partial charge on any atom is 0.122 e. The Kier molecular flexibility index (Phi) is 5.84. The first-order valence-corrected chi connectivity index (χ1v) is 7.85. The number of ether oxygens (including phenoxy) is 2. The highest BCUT2D eigenvalue weighted by Crippen LogP contribution is 2.25. The zero-order valence-corrected chi connectivity index (χ0v) is 13.7. The number of hydrogen-bond donors (Lipinski definition) is 1. The first-order chi connectivity index (χ1) is 9.63. The average molecular weight is 343 g/mol. The van der Waals surface area contributed by atoms with E-state index in [1.165, 1.54) is 0 Å². The summed E-state index contributed by atoms with van der Waals surface area (Å²) in [6.45, 7) is 5.90. The fourth-order valence-electron chi connectivity index (χ4n) is 2.57. The van der Waals surface area contributed by atoms with Crippen molar-refractivity contribution >= 4 is 15.9 Å². The Balaban J connectivity index is 2.03. The van der Waals surface area contributed by atoms with Gasteiger partial charge in [0.15, 0.2) is 0 Å². The van der Waals surface area contributed by atoms with Gasteiger partial charge in [-0.3, -0.25) is 4.90 Å². The van der Waals surface area contributed by atoms with Gasteiger partial charge >= 0.3 is 0 Å². The van der Waals surface area contributed by atoms with E-state index in [0.717, 1.165) is 48.4 Å². The van der Waals surface area contributed by atoms with E-state index < -0.39 is 0 Å². The molecule has 1 aliphatic rings. The van der Waals surface area contributed by atoms with E-state index in [2.05, 4.69) is 33.8 Å². The van der Waals surface area contributed by atoms with Gasteiger partial charge in [0.05, 0.1) is 19.8 Å². The van der Waals surface area contributed by atoms with Crippen molar-refractivity contribution in [1.29, 1.82) is 0 Å². The zero-order valence-electron chi connectivity index (χ0n) is 12.1. The summed E-state index contributed by atoms with van der Waals surface area (Å²) < 4.78 is 12.3. The molecule has 5 heteroatoms. The van der Waals surface area contributed by atoms with E-state index in [9.17, 15) is 0 Å². The summed E-state index contributed by atoms with van der Waals surface area (Å²) in [5.74, 6) is 0.881. The number of morpholine rings is 1. The van der Waals surface area contributed by atoms with Gasteiger partial charge in [-0.25, -0.2) is 0 Å². The largest absolute Gasteiger partial charge is 0.496 e. The Labute approximate surface area is 129 Å². The quantitative estimate of drug-likeness (QED) is 0.889. The van der Waals surface area contributed by atoms with E-state index in [1.807, 2.05) is 12.1 Å². The van der Waals surface area contributed by atoms with Crippen LogP contribution in [0.1, 0.15) is 12.5 Å². The van der Waals surface area contributed by atoms with Crippen molar-refractivity contribution in [3.8, 4) is 5.75 Å². The van der Waals surface area contributed by atoms with Gasteiger partial charge in [-0.15, -0.1) is 0 Å². The lowest BCUT2D eigenvalue weighted by molar-refractivity contribution is -0.0386. The predicted molar refractivity (Wildman–Crippen MR) is 84.2 cm³/mol. The Morgan fingerprint density at radius 3 is 3.05 bits per heavy atom. The third-order valence-corrected chi connectivity index (χ3v) is 4.29. The molecule has 1 aromatic rings. The number of halogens is 1. The Bertz CT molecular complexity index is 442. The maximum absolute atomic E-state index is 6.35. The van der Waals surface area contributed by atoms with Crippen LogP contribution in [-0.4, -0.2) is 50.4 Å². The van der Waals surface area contributed by atoms with Gasteiger partial charge in [-0.1, -0.05) is 22.9 Å². The minimum atomic E-state index is -0.0208. The maximum atomic E-state index is 6.35. The smallest absolute Gasteiger partial charge is 0.122 e. The minimum Gasteiger partial charge on any atom is -0.496 e. The molecule has 4 nitrogen and oxygen atoms in total. The second-order valence-electron chi connectivity index (χ2n) is 5.13. The van der Waals surface area contributed by atoms with Crippen LogP contribution in [0.3, 0.4) is 0 Å². The van der Waals surface area contributed by atoms with Crippen LogP contribution in [0, 0.1) is 0 Å². The van der Waals surface area contributed by atoms with Crippen LogP contribution in [0.5, 0.6) is 5.75 Å². The molecule has 2 rings (SSSR count). The van der Waals surface area contributed by atoms with Crippen molar-refractivity contribution in [3.63, 3.8) is 0 Å². The molecule has 0 saturated carbocycles. The first-order valence-electron chi connectivity index (χ1n) is 7.06. The number of likely N-dealkylation sites (N-methyl/N-ethyl adjacent to an activating group) is 1. The lowest BCUT2D eigenvalue weighted by Gasteiger charge is -2.35. The molecule has 1 heterocycles. The highest BCUT2D eigenvalue weighted by atomic mass is 79.9. The van der Waals surface area contributed by atoms with Crippen molar-refractivity contribution in [2.75, 3.05) is 33.4 Å². The number of rotatable bonds is 5. The number of benzene rings is 1. The lowest BCUT2D eigenvalue weighted by atomic mass is 10.00. The molecule has 1 aromatic carbocycles. The van der Waals surface area contributed by atoms with Crippen molar-refractivity contribution < 1.29 is 9.47 Å². The molecule has 1 aliphatic heterocycles. The van der Waals surface area contributed by atoms with Gasteiger partial charge in [0, 0.05) is 23.6 Å². The molecule has 112 valence electrons. The molecule has 2 unspecified atom stereocenters. The van der Waals surface area contributed by atoms with Crippen LogP contribution in [0.15, 0.2) is 22.7 Å². The summed E-state index contributed by atoms with van der Waals surface area (Å²) in [4.78, 5) is 2.38. The molecule has 0 bridgehead atoms. The van der Waals surface area contributed by atoms with Crippen molar-refractivity contribution in [3.05, 3.63) is 28.2 Å². The van der Waals surface area contributed by atoms with Gasteiger partial charge in [0.25, 0.3) is 0 Å². The Hall–Kier alpha value is -0.620. The van der Waals surface area contributed by atoms with Crippen molar-refractivity contribution in [1.82, 2.24) is 4.90 Å². The minimum absolute atomic E-state index is 0.0208. The normalized spacial score (nSPS) is 21.7. The lowest BCUT2D eigenvalue weighted by Crippen LogP contribution is -2.51. The van der Waals surface area contributed by atoms with Crippen LogP contribution < -0.4 is 10.5 Å². The second-order valence-corrected chi connectivity index (χ2v) is 6.04. The van der Waals surface area contributed by atoms with Crippen molar-refractivity contribution in [2.45, 2.75) is 25.5 Å². The average Bonchev–Trinajstić information content (AvgIpc) is 2.47. The Morgan fingerprint density at radius 1 is 1.55 bits per heavy atom. The SMILES string of the molecule is CCN1CCOC(C(N)Cc2cc(Br)ccc2OC)C1. The summed E-state index contributed by atoms with van der Waals surface area (Å²) in [5, 5.41) is 0. The fraction of sp³-hybridized carbons (Fsp3) is 0.600. The first kappa shape index (κ1) is 15.8. The fourth-order valence-corrected chi connectivity index (χ4v) is 2.98. The molecule has 0 aromatic heterocycles. The summed E-state index contributed by atoms with van der Waals surface area (Å²) in [6.07, 6.45) is 0.845. The predicted octanol–water partition coefficient (Wildman–Crippen LogP) is 2.05. The molecular formula is C15H23BrN2O2. The zero-order chi connectivity index (χ0) is 14.5. The van der Waals surface area contributed by atoms with Crippen molar-refractivity contribution in [2.24, 2.45) is 5.73 Å². The van der Waals surface area contributed by atoms with Gasteiger partial charge in [-0.2, -0.15) is 0 Å². The third kappa shape index (κ3) is 3.95. The van der Waals surface area contributed by atoms with Crippen LogP contribution in [0.25, 0.3) is 0 Å². The molecule has 20 heavy (non-hydrogen) atoms. The highest BCUT2D eigenvalue weighted by molar-refractivity contribution is 9.10. The number of nitrogens with two attached hydrogens (primary N) is 1. The van der Waals surface area contributed by atoms with E-state index in [0.29, 0.717) is 0 Å².